The molecule has 3 aromatic rings. The van der Waals surface area contributed by atoms with Crippen LogP contribution in [-0.4, -0.2) is 27.7 Å². The van der Waals surface area contributed by atoms with E-state index in [0.29, 0.717) is 5.69 Å². The number of nitrogens with zero attached hydrogens (tertiary/aromatic N) is 3. The maximum absolute atomic E-state index is 13.3. The van der Waals surface area contributed by atoms with Crippen LogP contribution in [0.2, 0.25) is 0 Å². The number of ether oxygens (including phenoxy) is 1. The average Bonchev–Trinajstić information content (AvgIpc) is 2.69. The summed E-state index contributed by atoms with van der Waals surface area (Å²) in [7, 11) is 1.30. The van der Waals surface area contributed by atoms with Crippen LogP contribution < -0.4 is 15.5 Å². The Morgan fingerprint density at radius 2 is 1.97 bits per heavy atom. The van der Waals surface area contributed by atoms with Crippen molar-refractivity contribution in [2.24, 2.45) is 0 Å². The van der Waals surface area contributed by atoms with Gasteiger partial charge in [0.25, 0.3) is 11.6 Å². The third-order valence-electron chi connectivity index (χ3n) is 4.04. The fourth-order valence-electron chi connectivity index (χ4n) is 2.70. The van der Waals surface area contributed by atoms with Gasteiger partial charge in [-0.2, -0.15) is 5.10 Å². The van der Waals surface area contributed by atoms with Crippen molar-refractivity contribution in [1.29, 1.82) is 0 Å². The molecule has 0 spiro atoms. The summed E-state index contributed by atoms with van der Waals surface area (Å²) in [5.41, 5.74) is -0.851. The van der Waals surface area contributed by atoms with E-state index in [1.807, 2.05) is 0 Å². The molecule has 1 aromatic heterocycles. The Labute approximate surface area is 163 Å². The van der Waals surface area contributed by atoms with Gasteiger partial charge in [-0.3, -0.25) is 19.7 Å². The van der Waals surface area contributed by atoms with Crippen molar-refractivity contribution in [2.75, 3.05) is 12.4 Å². The maximum Gasteiger partial charge on any atom is 0.294 e. The summed E-state index contributed by atoms with van der Waals surface area (Å²) in [5, 5.41) is 17.8. The lowest BCUT2D eigenvalue weighted by atomic mass is 10.2. The van der Waals surface area contributed by atoms with Gasteiger partial charge in [0.15, 0.2) is 5.69 Å². The zero-order valence-electron chi connectivity index (χ0n) is 15.4. The molecule has 2 aromatic carbocycles. The Hall–Kier alpha value is -4.08. The van der Waals surface area contributed by atoms with Gasteiger partial charge in [-0.25, -0.2) is 9.07 Å². The quantitative estimate of drug-likeness (QED) is 0.522. The molecule has 0 unspecified atom stereocenters. The van der Waals surface area contributed by atoms with Crippen molar-refractivity contribution >= 4 is 17.3 Å². The molecule has 0 atom stereocenters. The number of nitro benzene ring substituents is 1. The van der Waals surface area contributed by atoms with Crippen molar-refractivity contribution in [2.45, 2.75) is 6.92 Å². The van der Waals surface area contributed by atoms with E-state index >= 15 is 0 Å². The van der Waals surface area contributed by atoms with E-state index in [0.717, 1.165) is 22.9 Å². The topological polar surface area (TPSA) is 116 Å². The van der Waals surface area contributed by atoms with Crippen molar-refractivity contribution in [3.05, 3.63) is 86.1 Å². The summed E-state index contributed by atoms with van der Waals surface area (Å²) in [4.78, 5) is 35.7. The summed E-state index contributed by atoms with van der Waals surface area (Å²) in [6.45, 7) is 1.54. The number of rotatable bonds is 5. The van der Waals surface area contributed by atoms with Crippen LogP contribution in [0, 0.1) is 22.9 Å². The molecule has 1 N–H and O–H groups in total. The van der Waals surface area contributed by atoms with Crippen LogP contribution in [0.15, 0.2) is 53.3 Å². The van der Waals surface area contributed by atoms with Crippen LogP contribution in [0.4, 0.5) is 15.8 Å². The molecule has 10 heteroatoms. The number of benzene rings is 2. The third kappa shape index (κ3) is 3.95. The van der Waals surface area contributed by atoms with Gasteiger partial charge in [0.05, 0.1) is 17.7 Å². The molecule has 0 radical (unpaired) electrons. The molecule has 0 saturated heterocycles. The van der Waals surface area contributed by atoms with E-state index in [-0.39, 0.29) is 22.8 Å². The number of carbonyl (C=O) groups excluding carboxylic acids is 1. The molecule has 9 nitrogen and oxygen atoms in total. The standard InChI is InChI=1S/C19H15FN4O5/c1-11-9-16(25)18(19(26)21-13-8-7-12(20)10-17(13)29-2)22-23(11)14-5-3-4-6-15(14)24(27)28/h3-10H,1-2H3,(H,21,26). The lowest BCUT2D eigenvalue weighted by molar-refractivity contribution is -0.384. The number of anilines is 1. The highest BCUT2D eigenvalue weighted by Gasteiger charge is 2.21. The van der Waals surface area contributed by atoms with Crippen LogP contribution in [0.1, 0.15) is 16.2 Å². The number of methoxy groups -OCH3 is 1. The van der Waals surface area contributed by atoms with Crippen molar-refractivity contribution in [3.8, 4) is 11.4 Å². The van der Waals surface area contributed by atoms with Gasteiger partial charge >= 0.3 is 0 Å². The predicted molar refractivity (Wildman–Crippen MR) is 102 cm³/mol. The number of hydrogen-bond donors (Lipinski definition) is 1. The molecular weight excluding hydrogens is 383 g/mol. The minimum absolute atomic E-state index is 0.0597. The summed E-state index contributed by atoms with van der Waals surface area (Å²) < 4.78 is 19.5. The Balaban J connectivity index is 2.06. The molecule has 148 valence electrons. The minimum Gasteiger partial charge on any atom is -0.494 e. The highest BCUT2D eigenvalue weighted by molar-refractivity contribution is 6.03. The number of hydrogen-bond acceptors (Lipinski definition) is 6. The molecule has 1 amide bonds. The highest BCUT2D eigenvalue weighted by Crippen LogP contribution is 2.25. The molecule has 0 aliphatic carbocycles. The Morgan fingerprint density at radius 3 is 2.66 bits per heavy atom. The smallest absolute Gasteiger partial charge is 0.294 e. The highest BCUT2D eigenvalue weighted by atomic mass is 19.1. The average molecular weight is 398 g/mol. The molecule has 0 fully saturated rings. The fourth-order valence-corrected chi connectivity index (χ4v) is 2.70. The SMILES string of the molecule is COc1cc(F)ccc1NC(=O)c1nn(-c2ccccc2[N+](=O)[O-])c(C)cc1=O. The number of halogens is 1. The van der Waals surface area contributed by atoms with E-state index in [9.17, 15) is 24.1 Å². The molecule has 29 heavy (non-hydrogen) atoms. The lowest BCUT2D eigenvalue weighted by Gasteiger charge is -2.13. The first kappa shape index (κ1) is 19.7. The number of nitro groups is 1. The van der Waals surface area contributed by atoms with E-state index in [1.54, 1.807) is 6.07 Å². The molecule has 1 heterocycles. The molecule has 0 aliphatic heterocycles. The van der Waals surface area contributed by atoms with E-state index in [1.165, 1.54) is 38.3 Å². The zero-order chi connectivity index (χ0) is 21.1. The largest absolute Gasteiger partial charge is 0.494 e. The first-order valence-corrected chi connectivity index (χ1v) is 8.31. The predicted octanol–water partition coefficient (Wildman–Crippen LogP) is 2.85. The number of aryl methyl sites for hydroxylation is 1. The molecule has 3 rings (SSSR count). The number of aromatic nitrogens is 2. The first-order chi connectivity index (χ1) is 13.8. The van der Waals surface area contributed by atoms with Gasteiger partial charge in [-0.05, 0) is 25.1 Å². The number of carbonyl (C=O) groups is 1. The van der Waals surface area contributed by atoms with Gasteiger partial charge in [0.2, 0.25) is 5.43 Å². The monoisotopic (exact) mass is 398 g/mol. The minimum atomic E-state index is -0.868. The second-order valence-corrected chi connectivity index (χ2v) is 5.95. The van der Waals surface area contributed by atoms with E-state index in [2.05, 4.69) is 10.4 Å². The van der Waals surface area contributed by atoms with Crippen molar-refractivity contribution in [1.82, 2.24) is 9.78 Å². The van der Waals surface area contributed by atoms with Crippen LogP contribution in [0.5, 0.6) is 5.75 Å². The molecule has 0 saturated carbocycles. The summed E-state index contributed by atoms with van der Waals surface area (Å²) in [6.07, 6.45) is 0. The number of nitrogens with one attached hydrogen (secondary N) is 1. The van der Waals surface area contributed by atoms with E-state index < -0.39 is 27.8 Å². The summed E-state index contributed by atoms with van der Waals surface area (Å²) in [5.74, 6) is -1.37. The summed E-state index contributed by atoms with van der Waals surface area (Å²) >= 11 is 0. The Kier molecular flexibility index (Phi) is 5.35. The maximum atomic E-state index is 13.3. The van der Waals surface area contributed by atoms with Gasteiger partial charge in [0.1, 0.15) is 17.3 Å². The molecule has 0 bridgehead atoms. The Bertz CT molecular complexity index is 1180. The number of amides is 1. The number of para-hydroxylation sites is 2. The molecular formula is C19H15FN4O5. The van der Waals surface area contributed by atoms with E-state index in [4.69, 9.17) is 4.74 Å². The van der Waals surface area contributed by atoms with Gasteiger partial charge in [0, 0.05) is 23.9 Å². The zero-order valence-corrected chi connectivity index (χ0v) is 15.4. The normalized spacial score (nSPS) is 10.4. The molecule has 0 aliphatic rings. The van der Waals surface area contributed by atoms with Crippen molar-refractivity contribution < 1.29 is 18.8 Å². The van der Waals surface area contributed by atoms with Gasteiger partial charge in [-0.15, -0.1) is 0 Å². The van der Waals surface area contributed by atoms with Gasteiger partial charge < -0.3 is 10.1 Å². The second kappa shape index (κ2) is 7.89. The third-order valence-corrected chi connectivity index (χ3v) is 4.04. The van der Waals surface area contributed by atoms with Crippen LogP contribution in [0.3, 0.4) is 0 Å². The van der Waals surface area contributed by atoms with Crippen molar-refractivity contribution in [3.63, 3.8) is 0 Å². The van der Waals surface area contributed by atoms with Crippen LogP contribution in [-0.2, 0) is 0 Å². The summed E-state index contributed by atoms with van der Waals surface area (Å²) in [6, 6.07) is 10.4. The first-order valence-electron chi connectivity index (χ1n) is 8.31. The van der Waals surface area contributed by atoms with Crippen LogP contribution >= 0.6 is 0 Å². The Morgan fingerprint density at radius 1 is 1.24 bits per heavy atom. The fraction of sp³-hybridized carbons (Fsp3) is 0.105. The second-order valence-electron chi connectivity index (χ2n) is 5.95. The van der Waals surface area contributed by atoms with Gasteiger partial charge in [-0.1, -0.05) is 12.1 Å². The van der Waals surface area contributed by atoms with Crippen LogP contribution in [0.25, 0.3) is 5.69 Å². The lowest BCUT2D eigenvalue weighted by Crippen LogP contribution is -2.27.